The molecule has 0 aromatic heterocycles. The van der Waals surface area contributed by atoms with E-state index in [1.165, 1.54) is 70.5 Å². The summed E-state index contributed by atoms with van der Waals surface area (Å²) in [7, 11) is 0. The molecule has 2 saturated heterocycles. The molecule has 2 heterocycles. The van der Waals surface area contributed by atoms with Crippen molar-refractivity contribution in [3.63, 3.8) is 0 Å². The van der Waals surface area contributed by atoms with E-state index in [4.69, 9.17) is 9.47 Å². The van der Waals surface area contributed by atoms with Crippen LogP contribution in [0.3, 0.4) is 0 Å². The number of rotatable bonds is 4. The zero-order chi connectivity index (χ0) is 23.1. The van der Waals surface area contributed by atoms with Crippen molar-refractivity contribution in [2.45, 2.75) is 18.2 Å². The number of cyclic esters (lactones) is 2. The van der Waals surface area contributed by atoms with E-state index in [1.54, 1.807) is 12.1 Å². The van der Waals surface area contributed by atoms with Crippen LogP contribution in [0.25, 0.3) is 0 Å². The Balaban J connectivity index is 1.49. The highest BCUT2D eigenvalue weighted by Crippen LogP contribution is 2.41. The largest absolute Gasteiger partial charge is 0.508 e. The predicted molar refractivity (Wildman–Crippen MR) is 114 cm³/mol. The van der Waals surface area contributed by atoms with Crippen LogP contribution in [0.1, 0.15) is 11.6 Å². The third-order valence-electron chi connectivity index (χ3n) is 5.70. The zero-order valence-corrected chi connectivity index (χ0v) is 17.1. The molecule has 7 nitrogen and oxygen atoms in total. The van der Waals surface area contributed by atoms with Gasteiger partial charge in [-0.3, -0.25) is 9.80 Å². The molecule has 0 saturated carbocycles. The van der Waals surface area contributed by atoms with Crippen molar-refractivity contribution in [2.24, 2.45) is 0 Å². The van der Waals surface area contributed by atoms with Gasteiger partial charge < -0.3 is 14.6 Å². The highest BCUT2D eigenvalue weighted by Gasteiger charge is 2.51. The van der Waals surface area contributed by atoms with E-state index in [0.29, 0.717) is 16.9 Å². The van der Waals surface area contributed by atoms with Crippen molar-refractivity contribution in [3.8, 4) is 5.75 Å². The summed E-state index contributed by atoms with van der Waals surface area (Å²) in [5, 5.41) is 9.70. The second-order valence-electron chi connectivity index (χ2n) is 7.74. The molecular weight excluding hydrogens is 434 g/mol. The Labute approximate surface area is 187 Å². The zero-order valence-electron chi connectivity index (χ0n) is 17.1. The smallest absolute Gasteiger partial charge is 0.415 e. The van der Waals surface area contributed by atoms with Gasteiger partial charge in [0.05, 0.1) is 6.54 Å². The number of amides is 2. The molecule has 2 unspecified atom stereocenters. The Morgan fingerprint density at radius 3 is 1.94 bits per heavy atom. The molecule has 3 atom stereocenters. The molecule has 2 aliphatic rings. The fourth-order valence-corrected chi connectivity index (χ4v) is 4.14. The van der Waals surface area contributed by atoms with E-state index in [2.05, 4.69) is 0 Å². The van der Waals surface area contributed by atoms with Crippen LogP contribution in [-0.4, -0.2) is 36.0 Å². The SMILES string of the molecule is O=C1OC(C2OC(=O)N(c3ccc(F)cc3)[C@@H]2c2ccc(O)cc2)CN1c1ccc(F)cc1. The van der Waals surface area contributed by atoms with Crippen LogP contribution >= 0.6 is 0 Å². The third kappa shape index (κ3) is 3.82. The van der Waals surface area contributed by atoms with Crippen LogP contribution in [-0.2, 0) is 9.47 Å². The van der Waals surface area contributed by atoms with Crippen molar-refractivity contribution in [1.82, 2.24) is 0 Å². The average molecular weight is 452 g/mol. The lowest BCUT2D eigenvalue weighted by Crippen LogP contribution is -2.37. The quantitative estimate of drug-likeness (QED) is 0.617. The molecule has 33 heavy (non-hydrogen) atoms. The van der Waals surface area contributed by atoms with E-state index in [0.717, 1.165) is 0 Å². The van der Waals surface area contributed by atoms with Gasteiger partial charge in [0.1, 0.15) is 23.4 Å². The molecule has 2 amide bonds. The minimum Gasteiger partial charge on any atom is -0.508 e. The van der Waals surface area contributed by atoms with Crippen molar-refractivity contribution in [3.05, 3.63) is 90.0 Å². The highest BCUT2D eigenvalue weighted by atomic mass is 19.1. The number of phenolic OH excluding ortho intramolecular Hbond substituents is 1. The van der Waals surface area contributed by atoms with Gasteiger partial charge in [-0.15, -0.1) is 0 Å². The molecule has 168 valence electrons. The minimum atomic E-state index is -0.888. The molecule has 3 aromatic rings. The number of carbonyl (C=O) groups excluding carboxylic acids is 2. The van der Waals surface area contributed by atoms with Crippen molar-refractivity contribution >= 4 is 23.6 Å². The molecule has 5 rings (SSSR count). The topological polar surface area (TPSA) is 79.3 Å². The summed E-state index contributed by atoms with van der Waals surface area (Å²) >= 11 is 0. The second kappa shape index (κ2) is 8.09. The Morgan fingerprint density at radius 1 is 0.758 bits per heavy atom. The van der Waals surface area contributed by atoms with E-state index < -0.39 is 42.1 Å². The Hall–Kier alpha value is -4.14. The maximum Gasteiger partial charge on any atom is 0.415 e. The van der Waals surface area contributed by atoms with E-state index in [9.17, 15) is 23.5 Å². The first-order valence-corrected chi connectivity index (χ1v) is 10.2. The first-order chi connectivity index (χ1) is 15.9. The number of ether oxygens (including phenoxy) is 2. The predicted octanol–water partition coefficient (Wildman–Crippen LogP) is 4.76. The summed E-state index contributed by atoms with van der Waals surface area (Å²) in [4.78, 5) is 28.2. The van der Waals surface area contributed by atoms with Gasteiger partial charge >= 0.3 is 12.2 Å². The molecule has 0 spiro atoms. The van der Waals surface area contributed by atoms with Gasteiger partial charge in [-0.05, 0) is 66.2 Å². The number of carbonyl (C=O) groups is 2. The number of hydrogen-bond donors (Lipinski definition) is 1. The molecule has 1 N–H and O–H groups in total. The number of hydrogen-bond acceptors (Lipinski definition) is 5. The Morgan fingerprint density at radius 2 is 1.33 bits per heavy atom. The van der Waals surface area contributed by atoms with Crippen LogP contribution in [0, 0.1) is 11.6 Å². The first kappa shape index (κ1) is 20.7. The van der Waals surface area contributed by atoms with Crippen LogP contribution in [0.4, 0.5) is 29.7 Å². The van der Waals surface area contributed by atoms with Crippen LogP contribution in [0.15, 0.2) is 72.8 Å². The van der Waals surface area contributed by atoms with Gasteiger partial charge in [-0.25, -0.2) is 18.4 Å². The normalized spacial score (nSPS) is 22.4. The number of phenols is 1. The lowest BCUT2D eigenvalue weighted by molar-refractivity contribution is 0.0309. The molecule has 9 heteroatoms. The molecule has 2 fully saturated rings. The number of anilines is 2. The number of halogens is 2. The van der Waals surface area contributed by atoms with Crippen molar-refractivity contribution in [1.29, 1.82) is 0 Å². The Bertz CT molecular complexity index is 1180. The molecule has 0 aliphatic carbocycles. The first-order valence-electron chi connectivity index (χ1n) is 10.2. The molecule has 3 aromatic carbocycles. The number of benzene rings is 3. The maximum absolute atomic E-state index is 13.5. The number of nitrogens with zero attached hydrogens (tertiary/aromatic N) is 2. The standard InChI is InChI=1S/C24H18F2N2O5/c25-15-3-7-17(8-4-15)27-13-20(32-23(27)30)22-21(14-1-11-19(29)12-2-14)28(24(31)33-22)18-9-5-16(26)6-10-18/h1-12,20-22,29H,13H2/t20?,21-,22?/m1/s1. The molecule has 0 bridgehead atoms. The van der Waals surface area contributed by atoms with Gasteiger partial charge in [0.2, 0.25) is 0 Å². The van der Waals surface area contributed by atoms with Crippen molar-refractivity contribution in [2.75, 3.05) is 16.3 Å². The molecule has 0 radical (unpaired) electrons. The van der Waals surface area contributed by atoms with Gasteiger partial charge in [0.15, 0.2) is 12.2 Å². The summed E-state index contributed by atoms with van der Waals surface area (Å²) in [5.41, 5.74) is 1.48. The van der Waals surface area contributed by atoms with Gasteiger partial charge in [0, 0.05) is 11.4 Å². The van der Waals surface area contributed by atoms with Gasteiger partial charge in [0.25, 0.3) is 0 Å². The monoisotopic (exact) mass is 452 g/mol. The molecular formula is C24H18F2N2O5. The van der Waals surface area contributed by atoms with Crippen LogP contribution in [0.2, 0.25) is 0 Å². The summed E-state index contributed by atoms with van der Waals surface area (Å²) in [6.07, 6.45) is -3.04. The third-order valence-corrected chi connectivity index (χ3v) is 5.70. The fourth-order valence-electron chi connectivity index (χ4n) is 4.14. The summed E-state index contributed by atoms with van der Waals surface area (Å²) in [6, 6.07) is 16.3. The minimum absolute atomic E-state index is 0.0450. The van der Waals surface area contributed by atoms with E-state index in [1.807, 2.05) is 0 Å². The van der Waals surface area contributed by atoms with Crippen LogP contribution < -0.4 is 9.80 Å². The summed E-state index contributed by atoms with van der Waals surface area (Å²) in [6.45, 7) is 0.0776. The Kier molecular flexibility index (Phi) is 5.08. The van der Waals surface area contributed by atoms with Gasteiger partial charge in [-0.2, -0.15) is 0 Å². The number of aromatic hydroxyl groups is 1. The van der Waals surface area contributed by atoms with E-state index in [-0.39, 0.29) is 12.3 Å². The molecule has 2 aliphatic heterocycles. The summed E-state index contributed by atoms with van der Waals surface area (Å²) < 4.78 is 38.0. The average Bonchev–Trinajstić information content (AvgIpc) is 3.35. The van der Waals surface area contributed by atoms with E-state index >= 15 is 0 Å². The maximum atomic E-state index is 13.5. The lowest BCUT2D eigenvalue weighted by atomic mass is 9.96. The lowest BCUT2D eigenvalue weighted by Gasteiger charge is -2.27. The summed E-state index contributed by atoms with van der Waals surface area (Å²) in [5.74, 6) is -0.845. The van der Waals surface area contributed by atoms with Crippen LogP contribution in [0.5, 0.6) is 5.75 Å². The van der Waals surface area contributed by atoms with Crippen molar-refractivity contribution < 1.29 is 33.0 Å². The fraction of sp³-hybridized carbons (Fsp3) is 0.167. The van der Waals surface area contributed by atoms with Gasteiger partial charge in [-0.1, -0.05) is 12.1 Å². The highest BCUT2D eigenvalue weighted by molar-refractivity contribution is 5.92. The second-order valence-corrected chi connectivity index (χ2v) is 7.74.